The molecular formula is C23H24ClFN4O2S. The van der Waals surface area contributed by atoms with Crippen LogP contribution in [0.25, 0.3) is 21.1 Å². The van der Waals surface area contributed by atoms with Gasteiger partial charge >= 0.3 is 0 Å². The van der Waals surface area contributed by atoms with Crippen LogP contribution in [0.15, 0.2) is 47.0 Å². The topological polar surface area (TPSA) is 62.5 Å². The highest BCUT2D eigenvalue weighted by molar-refractivity contribution is 7.13. The molecule has 0 N–H and O–H groups in total. The van der Waals surface area contributed by atoms with Crippen LogP contribution in [-0.4, -0.2) is 47.0 Å². The zero-order valence-electron chi connectivity index (χ0n) is 17.7. The number of hydrogen-bond donors (Lipinski definition) is 0. The summed E-state index contributed by atoms with van der Waals surface area (Å²) < 4.78 is 24.1. The van der Waals surface area contributed by atoms with Gasteiger partial charge in [-0.1, -0.05) is 23.4 Å². The number of fused-ring (bicyclic) bond motifs is 2. The zero-order valence-corrected chi connectivity index (χ0v) is 19.3. The first-order valence-corrected chi connectivity index (χ1v) is 11.3. The molecule has 1 fully saturated rings. The molecule has 0 aliphatic carbocycles. The van der Waals surface area contributed by atoms with Gasteiger partial charge in [0.15, 0.2) is 11.4 Å². The molecule has 6 nitrogen and oxygen atoms in total. The van der Waals surface area contributed by atoms with Crippen LogP contribution in [0, 0.1) is 11.7 Å². The van der Waals surface area contributed by atoms with Crippen LogP contribution >= 0.6 is 23.9 Å². The minimum atomic E-state index is -0.321. The lowest BCUT2D eigenvalue weighted by Crippen LogP contribution is -2.36. The standard InChI is InChI=1S/C23H23FN4O2S.ClH/c1-27(23(29)21-18-4-2-3-5-20(18)31-26-21)11-8-15-9-12-28(13-10-15)22-17-7-6-16(24)14-19(17)30-25-22;/h2-7,14-15H,8-13H2,1H3;1H. The summed E-state index contributed by atoms with van der Waals surface area (Å²) in [6.07, 6.45) is 3.01. The molecule has 0 spiro atoms. The molecule has 5 rings (SSSR count). The molecule has 0 bridgehead atoms. The van der Waals surface area contributed by atoms with E-state index in [1.165, 1.54) is 23.7 Å². The van der Waals surface area contributed by atoms with Gasteiger partial charge in [0, 0.05) is 38.1 Å². The summed E-state index contributed by atoms with van der Waals surface area (Å²) in [6.45, 7) is 2.46. The van der Waals surface area contributed by atoms with Crippen molar-refractivity contribution in [2.24, 2.45) is 5.92 Å². The lowest BCUT2D eigenvalue weighted by Gasteiger charge is -2.32. The van der Waals surface area contributed by atoms with Gasteiger partial charge in [0.05, 0.1) is 10.1 Å². The van der Waals surface area contributed by atoms with Gasteiger partial charge in [-0.05, 0) is 54.9 Å². The summed E-state index contributed by atoms with van der Waals surface area (Å²) in [7, 11) is 1.85. The average Bonchev–Trinajstić information content (AvgIpc) is 3.41. The third-order valence-electron chi connectivity index (χ3n) is 6.13. The van der Waals surface area contributed by atoms with Crippen LogP contribution in [0.4, 0.5) is 10.2 Å². The van der Waals surface area contributed by atoms with Crippen LogP contribution in [-0.2, 0) is 0 Å². The highest BCUT2D eigenvalue weighted by Crippen LogP contribution is 2.31. The van der Waals surface area contributed by atoms with E-state index in [9.17, 15) is 9.18 Å². The molecule has 1 aliphatic rings. The average molecular weight is 475 g/mol. The fourth-order valence-electron chi connectivity index (χ4n) is 4.26. The van der Waals surface area contributed by atoms with E-state index in [4.69, 9.17) is 4.52 Å². The summed E-state index contributed by atoms with van der Waals surface area (Å²) in [4.78, 5) is 16.9. The molecular weight excluding hydrogens is 451 g/mol. The van der Waals surface area contributed by atoms with Gasteiger partial charge in [-0.25, -0.2) is 4.39 Å². The predicted molar refractivity (Wildman–Crippen MR) is 127 cm³/mol. The van der Waals surface area contributed by atoms with Crippen molar-refractivity contribution in [1.29, 1.82) is 0 Å². The van der Waals surface area contributed by atoms with Crippen LogP contribution in [0.5, 0.6) is 0 Å². The lowest BCUT2D eigenvalue weighted by atomic mass is 9.93. The van der Waals surface area contributed by atoms with Gasteiger partial charge in [-0.3, -0.25) is 4.79 Å². The summed E-state index contributed by atoms with van der Waals surface area (Å²) in [5, 5.41) is 5.94. The number of piperidine rings is 1. The van der Waals surface area contributed by atoms with E-state index < -0.39 is 0 Å². The summed E-state index contributed by atoms with van der Waals surface area (Å²) >= 11 is 1.37. The Morgan fingerprint density at radius 1 is 1.22 bits per heavy atom. The highest BCUT2D eigenvalue weighted by atomic mass is 35.5. The predicted octanol–water partition coefficient (Wildman–Crippen LogP) is 5.38. The second-order valence-corrected chi connectivity index (χ2v) is 8.92. The Bertz CT molecular complexity index is 1240. The van der Waals surface area contributed by atoms with E-state index in [2.05, 4.69) is 14.4 Å². The molecule has 2 aromatic heterocycles. The number of carbonyl (C=O) groups is 1. The summed E-state index contributed by atoms with van der Waals surface area (Å²) in [6, 6.07) is 12.4. The molecule has 1 amide bonds. The Morgan fingerprint density at radius 3 is 2.81 bits per heavy atom. The molecule has 0 radical (unpaired) electrons. The van der Waals surface area contributed by atoms with Gasteiger partial charge in [0.1, 0.15) is 11.5 Å². The lowest BCUT2D eigenvalue weighted by molar-refractivity contribution is 0.0782. The normalized spacial score (nSPS) is 14.6. The van der Waals surface area contributed by atoms with Crippen molar-refractivity contribution in [2.75, 3.05) is 31.6 Å². The van der Waals surface area contributed by atoms with Gasteiger partial charge in [-0.2, -0.15) is 4.37 Å². The van der Waals surface area contributed by atoms with E-state index in [0.717, 1.165) is 53.6 Å². The first kappa shape index (κ1) is 22.5. The third-order valence-corrected chi connectivity index (χ3v) is 6.96. The molecule has 4 aromatic rings. The van der Waals surface area contributed by atoms with Gasteiger partial charge in [0.25, 0.3) is 5.91 Å². The SMILES string of the molecule is CN(CCC1CCN(c2noc3cc(F)ccc23)CC1)C(=O)c1nsc2ccccc12.Cl. The Labute approximate surface area is 195 Å². The summed E-state index contributed by atoms with van der Waals surface area (Å²) in [5.74, 6) is 1.000. The van der Waals surface area contributed by atoms with Crippen molar-refractivity contribution in [2.45, 2.75) is 19.3 Å². The molecule has 168 valence electrons. The van der Waals surface area contributed by atoms with Crippen LogP contribution < -0.4 is 4.90 Å². The second kappa shape index (κ2) is 9.42. The van der Waals surface area contributed by atoms with Crippen molar-refractivity contribution in [3.05, 3.63) is 54.0 Å². The highest BCUT2D eigenvalue weighted by Gasteiger charge is 2.25. The minimum Gasteiger partial charge on any atom is -0.354 e. The monoisotopic (exact) mass is 474 g/mol. The maximum atomic E-state index is 13.4. The van der Waals surface area contributed by atoms with Crippen molar-refractivity contribution in [3.8, 4) is 0 Å². The van der Waals surface area contributed by atoms with E-state index >= 15 is 0 Å². The molecule has 0 saturated carbocycles. The quantitative estimate of drug-likeness (QED) is 0.388. The zero-order chi connectivity index (χ0) is 21.4. The third kappa shape index (κ3) is 4.29. The van der Waals surface area contributed by atoms with E-state index in [1.54, 1.807) is 11.0 Å². The van der Waals surface area contributed by atoms with Gasteiger partial charge in [0.2, 0.25) is 0 Å². The first-order valence-electron chi connectivity index (χ1n) is 10.5. The fraction of sp³-hybridized carbons (Fsp3) is 0.348. The molecule has 1 saturated heterocycles. The van der Waals surface area contributed by atoms with Gasteiger partial charge < -0.3 is 14.3 Å². The Kier molecular flexibility index (Phi) is 6.62. The second-order valence-electron chi connectivity index (χ2n) is 8.12. The van der Waals surface area contributed by atoms with Crippen LogP contribution in [0.1, 0.15) is 29.8 Å². The number of benzene rings is 2. The first-order chi connectivity index (χ1) is 15.1. The molecule has 0 unspecified atom stereocenters. The van der Waals surface area contributed by atoms with Crippen molar-refractivity contribution >= 4 is 56.7 Å². The molecule has 32 heavy (non-hydrogen) atoms. The van der Waals surface area contributed by atoms with E-state index in [1.807, 2.05) is 31.3 Å². The number of nitrogens with zero attached hydrogens (tertiary/aromatic N) is 4. The van der Waals surface area contributed by atoms with Crippen LogP contribution in [0.3, 0.4) is 0 Å². The van der Waals surface area contributed by atoms with Crippen LogP contribution in [0.2, 0.25) is 0 Å². The Morgan fingerprint density at radius 2 is 2.00 bits per heavy atom. The molecule has 9 heteroatoms. The Hall–Kier alpha value is -2.71. The molecule has 3 heterocycles. The number of halogens is 2. The molecule has 1 aliphatic heterocycles. The van der Waals surface area contributed by atoms with Crippen molar-refractivity contribution < 1.29 is 13.7 Å². The fourth-order valence-corrected chi connectivity index (χ4v) is 5.03. The van der Waals surface area contributed by atoms with Crippen molar-refractivity contribution in [3.63, 3.8) is 0 Å². The van der Waals surface area contributed by atoms with E-state index in [-0.39, 0.29) is 24.1 Å². The number of hydrogen-bond acceptors (Lipinski definition) is 6. The largest absolute Gasteiger partial charge is 0.354 e. The van der Waals surface area contributed by atoms with E-state index in [0.29, 0.717) is 23.7 Å². The minimum absolute atomic E-state index is 0. The number of aromatic nitrogens is 2. The van der Waals surface area contributed by atoms with Gasteiger partial charge in [-0.15, -0.1) is 12.4 Å². The number of amides is 1. The summed E-state index contributed by atoms with van der Waals surface area (Å²) in [5.41, 5.74) is 1.03. The molecule has 2 aromatic carbocycles. The smallest absolute Gasteiger partial charge is 0.273 e. The number of rotatable bonds is 5. The molecule has 0 atom stereocenters. The number of anilines is 1. The van der Waals surface area contributed by atoms with Crippen molar-refractivity contribution in [1.82, 2.24) is 14.4 Å². The maximum absolute atomic E-state index is 13.4. The Balaban J connectivity index is 0.00000245. The number of carbonyl (C=O) groups excluding carboxylic acids is 1. The maximum Gasteiger partial charge on any atom is 0.273 e.